The highest BCUT2D eigenvalue weighted by molar-refractivity contribution is 6.48. The summed E-state index contributed by atoms with van der Waals surface area (Å²) in [6.07, 6.45) is 0.250. The molecule has 130 valence electrons. The van der Waals surface area contributed by atoms with Crippen molar-refractivity contribution in [1.29, 1.82) is 0 Å². The molecule has 0 saturated carbocycles. The molecule has 0 aliphatic carbocycles. The van der Waals surface area contributed by atoms with Crippen LogP contribution >= 0.6 is 0 Å². The zero-order chi connectivity index (χ0) is 17.3. The number of hydrogen-bond donors (Lipinski definition) is 1. The van der Waals surface area contributed by atoms with E-state index >= 15 is 0 Å². The zero-order valence-corrected chi connectivity index (χ0v) is 16.5. The summed E-state index contributed by atoms with van der Waals surface area (Å²) in [5, 5.41) is 10.0. The average Bonchev–Trinajstić information content (AvgIpc) is 2.65. The molecule has 2 atom stereocenters. The van der Waals surface area contributed by atoms with Crippen LogP contribution in [-0.2, 0) is 9.16 Å². The fourth-order valence-corrected chi connectivity index (χ4v) is 4.00. The third kappa shape index (κ3) is 4.70. The van der Waals surface area contributed by atoms with E-state index in [0.29, 0.717) is 13.0 Å². The Morgan fingerprint density at radius 1 is 1.27 bits per heavy atom. The lowest BCUT2D eigenvalue weighted by atomic mass is 9.79. The fraction of sp³-hybridized carbons (Fsp3) is 0.938. The van der Waals surface area contributed by atoms with Gasteiger partial charge in [-0.05, 0) is 45.2 Å². The summed E-state index contributed by atoms with van der Waals surface area (Å²) in [6.45, 7) is 16.5. The molecular weight excluding hydrogens is 298 g/mol. The molecule has 0 spiro atoms. The number of carbonyl (C=O) groups is 1. The van der Waals surface area contributed by atoms with E-state index in [1.54, 1.807) is 4.90 Å². The normalized spacial score (nSPS) is 26.6. The third-order valence-electron chi connectivity index (χ3n) is 4.00. The summed E-state index contributed by atoms with van der Waals surface area (Å²) < 4.78 is 11.7. The number of amides is 1. The van der Waals surface area contributed by atoms with Crippen LogP contribution in [0.5, 0.6) is 0 Å². The van der Waals surface area contributed by atoms with Crippen molar-refractivity contribution in [1.82, 2.24) is 4.90 Å². The number of carbonyl (C=O) groups excluding carboxylic acids is 1. The Bertz CT molecular complexity index is 400. The quantitative estimate of drug-likeness (QED) is 0.808. The monoisotopic (exact) mass is 331 g/mol. The molecule has 0 aromatic carbocycles. The Morgan fingerprint density at radius 2 is 1.82 bits per heavy atom. The summed E-state index contributed by atoms with van der Waals surface area (Å²) >= 11 is 0. The van der Waals surface area contributed by atoms with Crippen molar-refractivity contribution >= 4 is 15.1 Å². The molecule has 1 aliphatic rings. The maximum absolute atomic E-state index is 12.6. The lowest BCUT2D eigenvalue weighted by molar-refractivity contribution is -0.0963. The Morgan fingerprint density at radius 3 is 2.18 bits per heavy atom. The highest BCUT2D eigenvalue weighted by atomic mass is 28.3. The van der Waals surface area contributed by atoms with E-state index < -0.39 is 26.5 Å². The highest BCUT2D eigenvalue weighted by Gasteiger charge is 2.52. The van der Waals surface area contributed by atoms with Gasteiger partial charge in [0.1, 0.15) is 5.60 Å². The Kier molecular flexibility index (Phi) is 5.74. The van der Waals surface area contributed by atoms with Gasteiger partial charge in [-0.25, -0.2) is 4.79 Å². The summed E-state index contributed by atoms with van der Waals surface area (Å²) in [5.41, 5.74) is -1.45. The molecule has 0 unspecified atom stereocenters. The van der Waals surface area contributed by atoms with E-state index in [2.05, 4.69) is 33.9 Å². The first kappa shape index (κ1) is 19.5. The Labute approximate surface area is 136 Å². The highest BCUT2D eigenvalue weighted by Crippen LogP contribution is 2.43. The van der Waals surface area contributed by atoms with E-state index in [4.69, 9.17) is 9.16 Å². The second-order valence-corrected chi connectivity index (χ2v) is 11.0. The van der Waals surface area contributed by atoms with Gasteiger partial charge in [0.15, 0.2) is 14.8 Å². The molecule has 1 amide bonds. The number of nitrogens with zero attached hydrogens (tertiary/aromatic N) is 1. The van der Waals surface area contributed by atoms with E-state index in [9.17, 15) is 9.90 Å². The minimum absolute atomic E-state index is 0.0408. The van der Waals surface area contributed by atoms with E-state index in [1.807, 2.05) is 20.8 Å². The standard InChI is InChI=1S/C16H33NO4Si/c1-14(2,3)12-9-16(11-18,21-22(7)8)17(10-12)13(19)20-15(4,5)6/h12,18,22H,9-11H2,1-8H3/t12-,16-/m0/s1. The van der Waals surface area contributed by atoms with Crippen LogP contribution in [0.25, 0.3) is 0 Å². The summed E-state index contributed by atoms with van der Waals surface area (Å²) in [4.78, 5) is 14.2. The van der Waals surface area contributed by atoms with Gasteiger partial charge in [0, 0.05) is 13.0 Å². The average molecular weight is 332 g/mol. The van der Waals surface area contributed by atoms with Crippen LogP contribution in [0.15, 0.2) is 0 Å². The molecule has 1 saturated heterocycles. The maximum atomic E-state index is 12.6. The van der Waals surface area contributed by atoms with Crippen LogP contribution in [0.3, 0.4) is 0 Å². The van der Waals surface area contributed by atoms with E-state index in [-0.39, 0.29) is 17.9 Å². The summed E-state index contributed by atoms with van der Waals surface area (Å²) in [5.74, 6) is 0.264. The lowest BCUT2D eigenvalue weighted by Crippen LogP contribution is -2.54. The second-order valence-electron chi connectivity index (χ2n) is 8.63. The molecular formula is C16H33NO4Si. The molecule has 6 heteroatoms. The van der Waals surface area contributed by atoms with Crippen LogP contribution in [0, 0.1) is 11.3 Å². The predicted octanol–water partition coefficient (Wildman–Crippen LogP) is 2.98. The largest absolute Gasteiger partial charge is 0.444 e. The predicted molar refractivity (Wildman–Crippen MR) is 90.3 cm³/mol. The van der Waals surface area contributed by atoms with Crippen molar-refractivity contribution in [3.8, 4) is 0 Å². The van der Waals surface area contributed by atoms with Crippen LogP contribution in [0.1, 0.15) is 48.0 Å². The van der Waals surface area contributed by atoms with Gasteiger partial charge in [0.25, 0.3) is 0 Å². The number of ether oxygens (including phenoxy) is 1. The molecule has 22 heavy (non-hydrogen) atoms. The van der Waals surface area contributed by atoms with E-state index in [0.717, 1.165) is 0 Å². The molecule has 1 rings (SSSR count). The molecule has 0 radical (unpaired) electrons. The van der Waals surface area contributed by atoms with Gasteiger partial charge in [-0.1, -0.05) is 20.8 Å². The first-order chi connectivity index (χ1) is 9.81. The van der Waals surface area contributed by atoms with Crippen LogP contribution in [0.2, 0.25) is 13.1 Å². The smallest absolute Gasteiger partial charge is 0.412 e. The van der Waals surface area contributed by atoms with Crippen molar-refractivity contribution in [2.24, 2.45) is 11.3 Å². The lowest BCUT2D eigenvalue weighted by Gasteiger charge is -2.39. The van der Waals surface area contributed by atoms with Crippen molar-refractivity contribution in [2.75, 3.05) is 13.2 Å². The summed E-state index contributed by atoms with van der Waals surface area (Å²) in [6, 6.07) is 0. The van der Waals surface area contributed by atoms with Gasteiger partial charge in [0.05, 0.1) is 6.61 Å². The van der Waals surface area contributed by atoms with Crippen molar-refractivity contribution in [3.05, 3.63) is 0 Å². The molecule has 0 aromatic rings. The minimum atomic E-state index is -1.43. The second kappa shape index (κ2) is 6.49. The molecule has 1 aliphatic heterocycles. The van der Waals surface area contributed by atoms with Crippen LogP contribution in [-0.4, -0.2) is 49.6 Å². The van der Waals surface area contributed by atoms with Gasteiger partial charge < -0.3 is 14.3 Å². The molecule has 1 heterocycles. The van der Waals surface area contributed by atoms with Gasteiger partial charge in [-0.3, -0.25) is 4.90 Å². The van der Waals surface area contributed by atoms with Gasteiger partial charge >= 0.3 is 6.09 Å². The first-order valence-electron chi connectivity index (χ1n) is 8.10. The maximum Gasteiger partial charge on any atom is 0.412 e. The molecule has 0 aromatic heterocycles. The van der Waals surface area contributed by atoms with Crippen molar-refractivity contribution in [2.45, 2.75) is 72.4 Å². The number of aliphatic hydroxyl groups excluding tert-OH is 1. The van der Waals surface area contributed by atoms with Crippen LogP contribution in [0.4, 0.5) is 4.79 Å². The number of likely N-dealkylation sites (tertiary alicyclic amines) is 1. The van der Waals surface area contributed by atoms with Crippen molar-refractivity contribution < 1.29 is 19.1 Å². The molecule has 0 bridgehead atoms. The number of rotatable bonds is 3. The SMILES string of the molecule is C[SiH](C)O[C@]1(CO)C[C@H](C(C)(C)C)CN1C(=O)OC(C)(C)C. The van der Waals surface area contributed by atoms with E-state index in [1.165, 1.54) is 0 Å². The molecule has 5 nitrogen and oxygen atoms in total. The topological polar surface area (TPSA) is 59.0 Å². The zero-order valence-electron chi connectivity index (χ0n) is 15.4. The minimum Gasteiger partial charge on any atom is -0.444 e. The number of aliphatic hydroxyl groups is 1. The van der Waals surface area contributed by atoms with Crippen molar-refractivity contribution in [3.63, 3.8) is 0 Å². The Hall–Kier alpha value is -0.593. The Balaban J connectivity index is 3.09. The van der Waals surface area contributed by atoms with Gasteiger partial charge in [0.2, 0.25) is 0 Å². The molecule has 1 fully saturated rings. The van der Waals surface area contributed by atoms with Gasteiger partial charge in [-0.2, -0.15) is 0 Å². The van der Waals surface area contributed by atoms with Gasteiger partial charge in [-0.15, -0.1) is 0 Å². The summed E-state index contributed by atoms with van der Waals surface area (Å²) in [7, 11) is -1.43. The fourth-order valence-electron chi connectivity index (χ4n) is 2.82. The first-order valence-corrected chi connectivity index (χ1v) is 10.9. The molecule has 1 N–H and O–H groups in total. The number of hydrogen-bond acceptors (Lipinski definition) is 4. The van der Waals surface area contributed by atoms with Crippen LogP contribution < -0.4 is 0 Å². The third-order valence-corrected chi connectivity index (χ3v) is 4.91.